The predicted molar refractivity (Wildman–Crippen MR) is 121 cm³/mol. The summed E-state index contributed by atoms with van der Waals surface area (Å²) < 4.78 is 5.86. The van der Waals surface area contributed by atoms with Gasteiger partial charge in [-0.2, -0.15) is 0 Å². The van der Waals surface area contributed by atoms with Gasteiger partial charge in [0.1, 0.15) is 17.1 Å². The number of nitrogens with one attached hydrogen (secondary N) is 1. The Morgan fingerprint density at radius 3 is 2.80 bits per heavy atom. The van der Waals surface area contributed by atoms with Crippen molar-refractivity contribution in [3.05, 3.63) is 66.2 Å². The first-order chi connectivity index (χ1) is 14.7. The molecule has 0 bridgehead atoms. The number of aromatic nitrogens is 1. The first-order valence-corrected chi connectivity index (χ1v) is 10.8. The van der Waals surface area contributed by atoms with Gasteiger partial charge in [0.25, 0.3) is 5.91 Å². The number of nitrogens with zero attached hydrogens (tertiary/aromatic N) is 2. The highest BCUT2D eigenvalue weighted by Gasteiger charge is 2.20. The molecule has 2 aromatic carbocycles. The topological polar surface area (TPSA) is 54.5 Å². The molecule has 3 aromatic rings. The first kappa shape index (κ1) is 20.2. The van der Waals surface area contributed by atoms with Crippen molar-refractivity contribution in [1.29, 1.82) is 0 Å². The van der Waals surface area contributed by atoms with Crippen LogP contribution in [0.2, 0.25) is 0 Å². The largest absolute Gasteiger partial charge is 0.481 e. The van der Waals surface area contributed by atoms with Gasteiger partial charge in [-0.25, -0.2) is 4.98 Å². The van der Waals surface area contributed by atoms with Gasteiger partial charge in [-0.15, -0.1) is 0 Å². The monoisotopic (exact) mass is 403 g/mol. The molecule has 0 aliphatic carbocycles. The minimum absolute atomic E-state index is 0.0140. The van der Waals surface area contributed by atoms with E-state index >= 15 is 0 Å². The fourth-order valence-corrected chi connectivity index (χ4v) is 4.01. The maximum absolute atomic E-state index is 12.2. The van der Waals surface area contributed by atoms with Gasteiger partial charge in [0.2, 0.25) is 0 Å². The van der Waals surface area contributed by atoms with E-state index < -0.39 is 0 Å². The highest BCUT2D eigenvalue weighted by Crippen LogP contribution is 2.29. The van der Waals surface area contributed by atoms with E-state index in [-0.39, 0.29) is 12.5 Å². The summed E-state index contributed by atoms with van der Waals surface area (Å²) in [7, 11) is 0. The lowest BCUT2D eigenvalue weighted by atomic mass is 10.0. The van der Waals surface area contributed by atoms with E-state index in [9.17, 15) is 4.79 Å². The molecule has 1 unspecified atom stereocenters. The second kappa shape index (κ2) is 9.61. The Kier molecular flexibility index (Phi) is 6.47. The molecule has 2 heterocycles. The second-order valence-electron chi connectivity index (χ2n) is 7.91. The third-order valence-corrected chi connectivity index (χ3v) is 5.70. The smallest absolute Gasteiger partial charge is 0.257 e. The molecule has 1 N–H and O–H groups in total. The molecule has 5 nitrogen and oxygen atoms in total. The van der Waals surface area contributed by atoms with E-state index in [2.05, 4.69) is 41.4 Å². The molecular formula is C25H29N3O2. The Balaban J connectivity index is 1.39. The molecule has 1 fully saturated rings. The molecule has 1 atom stereocenters. The van der Waals surface area contributed by atoms with Crippen molar-refractivity contribution >= 4 is 22.6 Å². The summed E-state index contributed by atoms with van der Waals surface area (Å²) in [6.07, 6.45) is 4.48. The van der Waals surface area contributed by atoms with Gasteiger partial charge in [-0.1, -0.05) is 42.5 Å². The molecule has 1 amide bonds. The quantitative estimate of drug-likeness (QED) is 0.637. The van der Waals surface area contributed by atoms with Crippen LogP contribution in [0.5, 0.6) is 5.75 Å². The van der Waals surface area contributed by atoms with Gasteiger partial charge < -0.3 is 15.0 Å². The van der Waals surface area contributed by atoms with Gasteiger partial charge in [0.05, 0.1) is 0 Å². The van der Waals surface area contributed by atoms with Gasteiger partial charge in [-0.05, 0) is 56.4 Å². The Labute approximate surface area is 178 Å². The molecule has 1 aliphatic heterocycles. The minimum Gasteiger partial charge on any atom is -0.481 e. The summed E-state index contributed by atoms with van der Waals surface area (Å²) in [5.41, 5.74) is 2.02. The van der Waals surface area contributed by atoms with Gasteiger partial charge in [0, 0.05) is 24.5 Å². The number of amides is 1. The molecular weight excluding hydrogens is 374 g/mol. The number of anilines is 1. The highest BCUT2D eigenvalue weighted by molar-refractivity contribution is 5.86. The number of hydrogen-bond acceptors (Lipinski definition) is 4. The number of fused-ring (bicyclic) bond motifs is 1. The highest BCUT2D eigenvalue weighted by atomic mass is 16.5. The zero-order valence-corrected chi connectivity index (χ0v) is 17.5. The van der Waals surface area contributed by atoms with Crippen molar-refractivity contribution in [2.24, 2.45) is 0 Å². The summed E-state index contributed by atoms with van der Waals surface area (Å²) in [4.78, 5) is 19.5. The Morgan fingerprint density at radius 1 is 1.10 bits per heavy atom. The van der Waals surface area contributed by atoms with Crippen LogP contribution in [-0.4, -0.2) is 36.6 Å². The molecule has 0 saturated carbocycles. The van der Waals surface area contributed by atoms with E-state index in [4.69, 9.17) is 9.72 Å². The number of piperidine rings is 1. The molecule has 156 valence electrons. The third-order valence-electron chi connectivity index (χ3n) is 5.70. The number of carbonyl (C=O) groups excluding carboxylic acids is 1. The number of hydrogen-bond donors (Lipinski definition) is 1. The molecule has 1 aromatic heterocycles. The van der Waals surface area contributed by atoms with Crippen molar-refractivity contribution < 1.29 is 9.53 Å². The second-order valence-corrected chi connectivity index (χ2v) is 7.91. The maximum atomic E-state index is 12.2. The summed E-state index contributed by atoms with van der Waals surface area (Å²) in [6, 6.07) is 20.6. The zero-order valence-electron chi connectivity index (χ0n) is 17.5. The fraction of sp³-hybridized carbons (Fsp3) is 0.360. The Morgan fingerprint density at radius 2 is 1.97 bits per heavy atom. The molecule has 1 aliphatic rings. The summed E-state index contributed by atoms with van der Waals surface area (Å²) >= 11 is 0. The van der Waals surface area contributed by atoms with E-state index in [1.807, 2.05) is 36.4 Å². The zero-order chi connectivity index (χ0) is 20.8. The lowest BCUT2D eigenvalue weighted by Gasteiger charge is -2.34. The summed E-state index contributed by atoms with van der Waals surface area (Å²) in [5.74, 6) is 1.51. The number of benzene rings is 2. The Hall–Kier alpha value is -3.08. The van der Waals surface area contributed by atoms with Crippen LogP contribution in [0.1, 0.15) is 31.7 Å². The van der Waals surface area contributed by atoms with Crippen molar-refractivity contribution in [3.63, 3.8) is 0 Å². The lowest BCUT2D eigenvalue weighted by Crippen LogP contribution is -2.37. The van der Waals surface area contributed by atoms with Crippen LogP contribution < -0.4 is 15.0 Å². The van der Waals surface area contributed by atoms with E-state index in [1.54, 1.807) is 0 Å². The van der Waals surface area contributed by atoms with Crippen LogP contribution in [0.3, 0.4) is 0 Å². The van der Waals surface area contributed by atoms with Gasteiger partial charge in [-0.3, -0.25) is 4.79 Å². The van der Waals surface area contributed by atoms with Gasteiger partial charge >= 0.3 is 0 Å². The van der Waals surface area contributed by atoms with Crippen molar-refractivity contribution in [2.75, 3.05) is 24.6 Å². The fourth-order valence-electron chi connectivity index (χ4n) is 4.01. The van der Waals surface area contributed by atoms with Crippen molar-refractivity contribution in [3.8, 4) is 5.75 Å². The predicted octanol–water partition coefficient (Wildman–Crippen LogP) is 4.35. The number of ether oxygens (including phenoxy) is 1. The van der Waals surface area contributed by atoms with Crippen molar-refractivity contribution in [1.82, 2.24) is 10.3 Å². The number of rotatable bonds is 7. The van der Waals surface area contributed by atoms with Crippen LogP contribution in [0.25, 0.3) is 10.9 Å². The summed E-state index contributed by atoms with van der Waals surface area (Å²) in [5, 5.41) is 3.94. The lowest BCUT2D eigenvalue weighted by molar-refractivity contribution is -0.123. The third kappa shape index (κ3) is 4.90. The molecule has 1 saturated heterocycles. The molecule has 5 heteroatoms. The van der Waals surface area contributed by atoms with E-state index in [0.717, 1.165) is 29.7 Å². The number of carbonyl (C=O) groups is 1. The van der Waals surface area contributed by atoms with E-state index in [1.165, 1.54) is 24.8 Å². The molecule has 30 heavy (non-hydrogen) atoms. The minimum atomic E-state index is -0.122. The maximum Gasteiger partial charge on any atom is 0.257 e. The number of para-hydroxylation sites is 1. The molecule has 0 spiro atoms. The summed E-state index contributed by atoms with van der Waals surface area (Å²) in [6.45, 7) is 3.87. The Bertz CT molecular complexity index is 990. The van der Waals surface area contributed by atoms with Crippen molar-refractivity contribution in [2.45, 2.75) is 38.6 Å². The average Bonchev–Trinajstić information content (AvgIpc) is 2.78. The van der Waals surface area contributed by atoms with Gasteiger partial charge in [0.15, 0.2) is 6.61 Å². The average molecular weight is 404 g/mol. The van der Waals surface area contributed by atoms with Crippen LogP contribution in [-0.2, 0) is 11.2 Å². The molecule has 4 rings (SSSR count). The SMILES string of the molecule is CC1CCCCN1c1ccc2cccc(OCC(=O)NCCc3ccccc3)c2n1. The first-order valence-electron chi connectivity index (χ1n) is 10.8. The van der Waals surface area contributed by atoms with Crippen LogP contribution in [0, 0.1) is 0 Å². The van der Waals surface area contributed by atoms with E-state index in [0.29, 0.717) is 18.3 Å². The van der Waals surface area contributed by atoms with Crippen LogP contribution in [0.4, 0.5) is 5.82 Å². The van der Waals surface area contributed by atoms with Crippen LogP contribution in [0.15, 0.2) is 60.7 Å². The molecule has 0 radical (unpaired) electrons. The normalized spacial score (nSPS) is 16.4. The number of pyridine rings is 1. The standard InChI is InChI=1S/C25H29N3O2/c1-19-8-5-6-17-28(19)23-14-13-21-11-7-12-22(25(21)27-23)30-18-24(29)26-16-15-20-9-3-2-4-10-20/h2-4,7,9-14,19H,5-6,8,15-18H2,1H3,(H,26,29). The van der Waals surface area contributed by atoms with Crippen LogP contribution >= 0.6 is 0 Å².